The van der Waals surface area contributed by atoms with Crippen LogP contribution in [0.5, 0.6) is 0 Å². The number of thiophene rings is 1. The Hall–Kier alpha value is -2.14. The molecule has 1 atom stereocenters. The Morgan fingerprint density at radius 1 is 1.14 bits per heavy atom. The molecule has 0 radical (unpaired) electrons. The van der Waals surface area contributed by atoms with Gasteiger partial charge in [-0.2, -0.15) is 0 Å². The van der Waals surface area contributed by atoms with E-state index in [0.717, 1.165) is 6.42 Å². The Balaban J connectivity index is 1.92. The quantitative estimate of drug-likeness (QED) is 0.692. The van der Waals surface area contributed by atoms with Gasteiger partial charge in [0.25, 0.3) is 0 Å². The van der Waals surface area contributed by atoms with E-state index in [1.807, 2.05) is 30.9 Å². The molecule has 0 saturated heterocycles. The van der Waals surface area contributed by atoms with Crippen molar-refractivity contribution in [3.05, 3.63) is 57.3 Å². The van der Waals surface area contributed by atoms with Gasteiger partial charge in [0.1, 0.15) is 0 Å². The predicted octanol–water partition coefficient (Wildman–Crippen LogP) is 4.67. The Morgan fingerprint density at radius 2 is 1.86 bits per heavy atom. The van der Waals surface area contributed by atoms with Crippen molar-refractivity contribution in [1.82, 2.24) is 9.80 Å². The second kappa shape index (κ2) is 9.12. The zero-order chi connectivity index (χ0) is 21.1. The molecule has 3 rings (SSSR count). The fraction of sp³-hybridized carbons (Fsp3) is 0.500. The van der Waals surface area contributed by atoms with E-state index >= 15 is 0 Å². The molecule has 1 aliphatic heterocycles. The van der Waals surface area contributed by atoms with Gasteiger partial charge in [-0.25, -0.2) is 0 Å². The van der Waals surface area contributed by atoms with Crippen LogP contribution in [0.25, 0.3) is 0 Å². The van der Waals surface area contributed by atoms with Gasteiger partial charge in [0.05, 0.1) is 12.6 Å². The summed E-state index contributed by atoms with van der Waals surface area (Å²) in [5.41, 5.74) is 3.59. The molecular formula is C24H32N2O2S. The lowest BCUT2D eigenvalue weighted by molar-refractivity contribution is -0.143. The molecule has 0 aliphatic carbocycles. The second-order valence-corrected chi connectivity index (χ2v) is 9.66. The topological polar surface area (TPSA) is 40.6 Å². The average Bonchev–Trinajstić information content (AvgIpc) is 3.15. The highest BCUT2D eigenvalue weighted by atomic mass is 32.1. The maximum Gasteiger partial charge on any atom is 0.242 e. The van der Waals surface area contributed by atoms with Gasteiger partial charge < -0.3 is 9.80 Å². The van der Waals surface area contributed by atoms with Crippen LogP contribution < -0.4 is 0 Å². The number of amides is 2. The van der Waals surface area contributed by atoms with E-state index in [1.165, 1.54) is 21.6 Å². The van der Waals surface area contributed by atoms with E-state index in [1.54, 1.807) is 16.2 Å². The fourth-order valence-electron chi connectivity index (χ4n) is 4.11. The van der Waals surface area contributed by atoms with Crippen LogP contribution in [0.2, 0.25) is 0 Å². The molecule has 0 fully saturated rings. The third kappa shape index (κ3) is 4.72. The molecular weight excluding hydrogens is 380 g/mol. The zero-order valence-corrected chi connectivity index (χ0v) is 19.0. The molecule has 156 valence electrons. The van der Waals surface area contributed by atoms with Crippen LogP contribution >= 0.6 is 11.3 Å². The van der Waals surface area contributed by atoms with Gasteiger partial charge in [-0.15, -0.1) is 11.3 Å². The van der Waals surface area contributed by atoms with Crippen molar-refractivity contribution >= 4 is 23.2 Å². The number of aryl methyl sites for hydroxylation is 1. The Morgan fingerprint density at radius 3 is 2.52 bits per heavy atom. The molecule has 5 heteroatoms. The largest absolute Gasteiger partial charge is 0.333 e. The maximum atomic E-state index is 13.5. The number of fused-ring (bicyclic) bond motifs is 1. The van der Waals surface area contributed by atoms with Crippen molar-refractivity contribution in [2.45, 2.75) is 47.1 Å². The first-order valence-electron chi connectivity index (χ1n) is 10.5. The van der Waals surface area contributed by atoms with E-state index in [2.05, 4.69) is 44.4 Å². The summed E-state index contributed by atoms with van der Waals surface area (Å²) in [5, 5.41) is 2.12. The summed E-state index contributed by atoms with van der Waals surface area (Å²) >= 11 is 1.77. The van der Waals surface area contributed by atoms with Gasteiger partial charge >= 0.3 is 0 Å². The maximum absolute atomic E-state index is 13.5. The van der Waals surface area contributed by atoms with Gasteiger partial charge in [-0.05, 0) is 47.4 Å². The van der Waals surface area contributed by atoms with Crippen LogP contribution in [-0.2, 0) is 16.0 Å². The van der Waals surface area contributed by atoms with E-state index in [0.29, 0.717) is 19.0 Å². The highest BCUT2D eigenvalue weighted by Crippen LogP contribution is 2.39. The number of rotatable bonds is 6. The number of nitrogens with zero attached hydrogens (tertiary/aromatic N) is 2. The van der Waals surface area contributed by atoms with Crippen molar-refractivity contribution in [2.24, 2.45) is 11.8 Å². The molecule has 1 aromatic heterocycles. The standard InChI is InChI=1S/C24H32N2O2S/c1-16(2)14-25(24(28)17(3)4)15-22(27)26-12-10-21-20(11-13-29-21)23(26)19-9-7-6-8-18(19)5/h6-9,11,13,16-17,23H,10,12,14-15H2,1-5H3/t23-/m0/s1. The summed E-state index contributed by atoms with van der Waals surface area (Å²) in [6.07, 6.45) is 0.878. The SMILES string of the molecule is Cc1ccccc1[C@H]1c2ccsc2CCN1C(=O)CN(CC(C)C)C(=O)C(C)C. The third-order valence-electron chi connectivity index (χ3n) is 5.49. The lowest BCUT2D eigenvalue weighted by Gasteiger charge is -2.38. The molecule has 0 N–H and O–H groups in total. The highest BCUT2D eigenvalue weighted by Gasteiger charge is 2.34. The van der Waals surface area contributed by atoms with Gasteiger partial charge in [-0.1, -0.05) is 52.0 Å². The first kappa shape index (κ1) is 21.6. The Labute approximate surface area is 178 Å². The Bertz CT molecular complexity index is 871. The Kier molecular flexibility index (Phi) is 6.78. The molecule has 4 nitrogen and oxygen atoms in total. The van der Waals surface area contributed by atoms with Crippen molar-refractivity contribution in [3.8, 4) is 0 Å². The molecule has 0 bridgehead atoms. The van der Waals surface area contributed by atoms with Gasteiger partial charge in [0.2, 0.25) is 11.8 Å². The van der Waals surface area contributed by atoms with Crippen molar-refractivity contribution < 1.29 is 9.59 Å². The highest BCUT2D eigenvalue weighted by molar-refractivity contribution is 7.10. The minimum absolute atomic E-state index is 0.0322. The summed E-state index contributed by atoms with van der Waals surface area (Å²) < 4.78 is 0. The average molecular weight is 413 g/mol. The fourth-order valence-corrected chi connectivity index (χ4v) is 5.01. The first-order chi connectivity index (χ1) is 13.8. The van der Waals surface area contributed by atoms with Gasteiger partial charge in [-0.3, -0.25) is 9.59 Å². The number of hydrogen-bond acceptors (Lipinski definition) is 3. The smallest absolute Gasteiger partial charge is 0.242 e. The monoisotopic (exact) mass is 412 g/mol. The summed E-state index contributed by atoms with van der Waals surface area (Å²) in [4.78, 5) is 31.3. The zero-order valence-electron chi connectivity index (χ0n) is 18.1. The van der Waals surface area contributed by atoms with Gasteiger partial charge in [0.15, 0.2) is 0 Å². The van der Waals surface area contributed by atoms with E-state index < -0.39 is 0 Å². The van der Waals surface area contributed by atoms with Crippen LogP contribution in [0.3, 0.4) is 0 Å². The first-order valence-corrected chi connectivity index (χ1v) is 11.4. The molecule has 0 unspecified atom stereocenters. The molecule has 2 heterocycles. The molecule has 1 aromatic carbocycles. The number of carbonyl (C=O) groups is 2. The van der Waals surface area contributed by atoms with Crippen molar-refractivity contribution in [3.63, 3.8) is 0 Å². The van der Waals surface area contributed by atoms with Crippen LogP contribution in [0.1, 0.15) is 55.3 Å². The van der Waals surface area contributed by atoms with Crippen LogP contribution in [0.4, 0.5) is 0 Å². The predicted molar refractivity (Wildman–Crippen MR) is 119 cm³/mol. The lowest BCUT2D eigenvalue weighted by Crippen LogP contribution is -2.48. The second-order valence-electron chi connectivity index (χ2n) is 8.66. The third-order valence-corrected chi connectivity index (χ3v) is 6.48. The van der Waals surface area contributed by atoms with E-state index in [4.69, 9.17) is 0 Å². The van der Waals surface area contributed by atoms with E-state index in [-0.39, 0.29) is 30.3 Å². The minimum atomic E-state index is -0.112. The number of benzene rings is 1. The minimum Gasteiger partial charge on any atom is -0.333 e. The van der Waals surface area contributed by atoms with Crippen molar-refractivity contribution in [1.29, 1.82) is 0 Å². The molecule has 2 aromatic rings. The molecule has 0 saturated carbocycles. The van der Waals surface area contributed by atoms with Gasteiger partial charge in [0, 0.05) is 23.9 Å². The van der Waals surface area contributed by atoms with Crippen LogP contribution in [0, 0.1) is 18.8 Å². The summed E-state index contributed by atoms with van der Waals surface area (Å²) in [6, 6.07) is 10.4. The number of carbonyl (C=O) groups excluding carboxylic acids is 2. The van der Waals surface area contributed by atoms with Crippen molar-refractivity contribution in [2.75, 3.05) is 19.6 Å². The number of hydrogen-bond donors (Lipinski definition) is 0. The van der Waals surface area contributed by atoms with Crippen LogP contribution in [0.15, 0.2) is 35.7 Å². The van der Waals surface area contributed by atoms with Crippen LogP contribution in [-0.4, -0.2) is 41.2 Å². The van der Waals surface area contributed by atoms with E-state index in [9.17, 15) is 9.59 Å². The summed E-state index contributed by atoms with van der Waals surface area (Å²) in [7, 11) is 0. The lowest BCUT2D eigenvalue weighted by atomic mass is 9.90. The molecule has 1 aliphatic rings. The summed E-state index contributed by atoms with van der Waals surface area (Å²) in [6.45, 7) is 11.5. The molecule has 2 amide bonds. The summed E-state index contributed by atoms with van der Waals surface area (Å²) in [5.74, 6) is 0.290. The molecule has 29 heavy (non-hydrogen) atoms. The normalized spacial score (nSPS) is 16.2. The molecule has 0 spiro atoms.